The van der Waals surface area contributed by atoms with Crippen molar-refractivity contribution in [2.24, 2.45) is 0 Å². The third-order valence-electron chi connectivity index (χ3n) is 3.10. The van der Waals surface area contributed by atoms with Gasteiger partial charge in [0, 0.05) is 0 Å². The van der Waals surface area contributed by atoms with Gasteiger partial charge in [0.15, 0.2) is 11.5 Å². The second-order valence-electron chi connectivity index (χ2n) is 5.64. The van der Waals surface area contributed by atoms with Crippen molar-refractivity contribution in [3.8, 4) is 0 Å². The predicted molar refractivity (Wildman–Crippen MR) is 92.8 cm³/mol. The normalized spacial score (nSPS) is 13.7. The SMILES string of the molecule is CC(C)OC(=O)OCO[PH](=O)CO[C@@H](C)Cn1cnc2c(N)ncnc21. The van der Waals surface area contributed by atoms with Crippen LogP contribution in [-0.2, 0) is 29.8 Å². The van der Waals surface area contributed by atoms with Gasteiger partial charge in [-0.25, -0.2) is 19.7 Å². The summed E-state index contributed by atoms with van der Waals surface area (Å²) in [5.74, 6) is 0.303. The zero-order valence-electron chi connectivity index (χ0n) is 14.7. The third kappa shape index (κ3) is 5.94. The maximum atomic E-state index is 11.8. The summed E-state index contributed by atoms with van der Waals surface area (Å²) in [7, 11) is -2.51. The Morgan fingerprint density at radius 1 is 1.31 bits per heavy atom. The van der Waals surface area contributed by atoms with E-state index in [1.54, 1.807) is 24.7 Å². The number of hydrogen-bond acceptors (Lipinski definition) is 10. The van der Waals surface area contributed by atoms with Crippen LogP contribution in [0.1, 0.15) is 20.8 Å². The largest absolute Gasteiger partial charge is 0.510 e. The fourth-order valence-electron chi connectivity index (χ4n) is 1.98. The first-order chi connectivity index (χ1) is 12.4. The Morgan fingerprint density at radius 3 is 2.81 bits per heavy atom. The molecule has 11 nitrogen and oxygen atoms in total. The molecule has 2 atom stereocenters. The van der Waals surface area contributed by atoms with E-state index in [2.05, 4.69) is 19.7 Å². The molecule has 1 unspecified atom stereocenters. The molecule has 144 valence electrons. The minimum atomic E-state index is -2.51. The van der Waals surface area contributed by atoms with E-state index in [9.17, 15) is 9.36 Å². The van der Waals surface area contributed by atoms with Crippen LogP contribution in [0.2, 0.25) is 0 Å². The highest BCUT2D eigenvalue weighted by Gasteiger charge is 2.13. The first-order valence-electron chi connectivity index (χ1n) is 7.88. The van der Waals surface area contributed by atoms with Crippen LogP contribution in [0.3, 0.4) is 0 Å². The van der Waals surface area contributed by atoms with Crippen LogP contribution in [0.4, 0.5) is 10.6 Å². The molecule has 0 aliphatic rings. The topological polar surface area (TPSA) is 141 Å². The van der Waals surface area contributed by atoms with Gasteiger partial charge in [0.2, 0.25) is 14.8 Å². The van der Waals surface area contributed by atoms with E-state index in [1.807, 2.05) is 6.92 Å². The summed E-state index contributed by atoms with van der Waals surface area (Å²) in [6.45, 7) is 5.15. The van der Waals surface area contributed by atoms with Gasteiger partial charge in [0.25, 0.3) is 0 Å². The lowest BCUT2D eigenvalue weighted by molar-refractivity contribution is -0.00819. The molecule has 0 aliphatic heterocycles. The molecule has 2 rings (SSSR count). The van der Waals surface area contributed by atoms with Crippen LogP contribution in [0, 0.1) is 0 Å². The highest BCUT2D eigenvalue weighted by molar-refractivity contribution is 7.38. The molecule has 2 aromatic heterocycles. The van der Waals surface area contributed by atoms with Crippen molar-refractivity contribution in [2.75, 3.05) is 18.9 Å². The highest BCUT2D eigenvalue weighted by Crippen LogP contribution is 2.23. The lowest BCUT2D eigenvalue weighted by Crippen LogP contribution is -2.17. The van der Waals surface area contributed by atoms with Crippen LogP contribution in [0.25, 0.3) is 11.2 Å². The number of ether oxygens (including phenoxy) is 3. The fraction of sp³-hybridized carbons (Fsp3) is 0.571. The number of nitrogen functional groups attached to an aromatic ring is 1. The third-order valence-corrected chi connectivity index (χ3v) is 3.94. The zero-order chi connectivity index (χ0) is 19.1. The molecule has 26 heavy (non-hydrogen) atoms. The van der Waals surface area contributed by atoms with Gasteiger partial charge in [-0.3, -0.25) is 9.09 Å². The maximum absolute atomic E-state index is 11.8. The van der Waals surface area contributed by atoms with Gasteiger partial charge >= 0.3 is 6.16 Å². The van der Waals surface area contributed by atoms with Gasteiger partial charge in [-0.1, -0.05) is 0 Å². The highest BCUT2D eigenvalue weighted by atomic mass is 31.1. The molecule has 2 heterocycles. The van der Waals surface area contributed by atoms with E-state index in [0.717, 1.165) is 0 Å². The summed E-state index contributed by atoms with van der Waals surface area (Å²) in [5.41, 5.74) is 6.84. The molecular weight excluding hydrogens is 365 g/mol. The number of aromatic nitrogens is 4. The van der Waals surface area contributed by atoms with Gasteiger partial charge < -0.3 is 24.5 Å². The molecule has 2 aromatic rings. The van der Waals surface area contributed by atoms with E-state index in [4.69, 9.17) is 19.7 Å². The average Bonchev–Trinajstić information content (AvgIpc) is 2.97. The minimum Gasteiger partial charge on any atom is -0.432 e. The van der Waals surface area contributed by atoms with Crippen molar-refractivity contribution >= 4 is 31.2 Å². The molecule has 0 fully saturated rings. The second-order valence-corrected chi connectivity index (χ2v) is 6.97. The van der Waals surface area contributed by atoms with Crippen LogP contribution < -0.4 is 5.73 Å². The summed E-state index contributed by atoms with van der Waals surface area (Å²) in [4.78, 5) is 23.3. The van der Waals surface area contributed by atoms with Crippen LogP contribution in [-0.4, -0.2) is 51.0 Å². The van der Waals surface area contributed by atoms with Crippen molar-refractivity contribution in [3.63, 3.8) is 0 Å². The van der Waals surface area contributed by atoms with Gasteiger partial charge in [-0.05, 0) is 20.8 Å². The number of carbonyl (C=O) groups excluding carboxylic acids is 1. The number of anilines is 1. The number of carbonyl (C=O) groups is 1. The molecule has 0 saturated carbocycles. The van der Waals surface area contributed by atoms with Crippen molar-refractivity contribution < 1.29 is 28.1 Å². The van der Waals surface area contributed by atoms with E-state index in [-0.39, 0.29) is 18.6 Å². The molecule has 0 radical (unpaired) electrons. The monoisotopic (exact) mass is 387 g/mol. The van der Waals surface area contributed by atoms with E-state index in [1.165, 1.54) is 6.33 Å². The number of rotatable bonds is 9. The van der Waals surface area contributed by atoms with Gasteiger partial charge in [-0.15, -0.1) is 0 Å². The predicted octanol–water partition coefficient (Wildman–Crippen LogP) is 1.78. The number of imidazole rings is 1. The molecule has 0 saturated heterocycles. The molecule has 0 bridgehead atoms. The second kappa shape index (κ2) is 9.46. The molecule has 12 heteroatoms. The van der Waals surface area contributed by atoms with Gasteiger partial charge in [0.1, 0.15) is 18.2 Å². The quantitative estimate of drug-likeness (QED) is 0.384. The lowest BCUT2D eigenvalue weighted by atomic mass is 10.4. The molecular formula is C14H22N5O6P. The van der Waals surface area contributed by atoms with Crippen molar-refractivity contribution in [2.45, 2.75) is 39.5 Å². The Bertz CT molecular complexity index is 767. The molecule has 0 amide bonds. The molecule has 0 aromatic carbocycles. The van der Waals surface area contributed by atoms with Crippen molar-refractivity contribution in [3.05, 3.63) is 12.7 Å². The number of fused-ring (bicyclic) bond motifs is 1. The first-order valence-corrected chi connectivity index (χ1v) is 9.41. The Morgan fingerprint density at radius 2 is 2.08 bits per heavy atom. The number of hydrogen-bond donors (Lipinski definition) is 1. The zero-order valence-corrected chi connectivity index (χ0v) is 15.7. The molecule has 0 aliphatic carbocycles. The van der Waals surface area contributed by atoms with Gasteiger partial charge in [0.05, 0.1) is 25.1 Å². The summed E-state index contributed by atoms with van der Waals surface area (Å²) in [5, 5.41) is 0. The fourth-order valence-corrected chi connectivity index (χ4v) is 2.68. The molecule has 2 N–H and O–H groups in total. The van der Waals surface area contributed by atoms with E-state index >= 15 is 0 Å². The van der Waals surface area contributed by atoms with Crippen molar-refractivity contribution in [1.29, 1.82) is 0 Å². The standard InChI is InChI=1S/C14H22N5O6P/c1-9(2)25-14(20)22-7-24-26(21)8-23-10(3)4-19-6-18-11-12(15)16-5-17-13(11)19/h5-6,9-10,26H,4,7-8H2,1-3H3,(H2,15,16,17)/t10-/m0/s1. The number of nitrogens with two attached hydrogens (primary N) is 1. The Labute approximate surface area is 150 Å². The van der Waals surface area contributed by atoms with Crippen LogP contribution in [0.5, 0.6) is 0 Å². The van der Waals surface area contributed by atoms with Crippen LogP contribution in [0.15, 0.2) is 12.7 Å². The molecule has 0 spiro atoms. The summed E-state index contributed by atoms with van der Waals surface area (Å²) >= 11 is 0. The van der Waals surface area contributed by atoms with Gasteiger partial charge in [-0.2, -0.15) is 0 Å². The van der Waals surface area contributed by atoms with Crippen molar-refractivity contribution in [1.82, 2.24) is 19.5 Å². The Balaban J connectivity index is 1.72. The Hall–Kier alpha value is -2.23. The average molecular weight is 387 g/mol. The van der Waals surface area contributed by atoms with Crippen LogP contribution >= 0.6 is 8.03 Å². The number of nitrogens with zero attached hydrogens (tertiary/aromatic N) is 4. The first kappa shape index (κ1) is 20.1. The Kier molecular flexibility index (Phi) is 7.31. The smallest absolute Gasteiger partial charge is 0.432 e. The lowest BCUT2D eigenvalue weighted by Gasteiger charge is -2.14. The summed E-state index contributed by atoms with van der Waals surface area (Å²) in [6, 6.07) is 0. The summed E-state index contributed by atoms with van der Waals surface area (Å²) < 4.78 is 33.3. The maximum Gasteiger partial charge on any atom is 0.510 e. The van der Waals surface area contributed by atoms with E-state index < -0.39 is 21.0 Å². The minimum absolute atomic E-state index is 0.113. The summed E-state index contributed by atoms with van der Waals surface area (Å²) in [6.07, 6.45) is 1.37. The van der Waals surface area contributed by atoms with E-state index in [0.29, 0.717) is 23.5 Å².